The van der Waals surface area contributed by atoms with Crippen LogP contribution in [0.1, 0.15) is 40.0 Å². The zero-order chi connectivity index (χ0) is 10.7. The molecule has 0 heterocycles. The molecule has 1 aliphatic carbocycles. The Bertz CT molecular complexity index is 241. The Kier molecular flexibility index (Phi) is 3.87. The van der Waals surface area contributed by atoms with Gasteiger partial charge in [0.05, 0.1) is 6.10 Å². The molecule has 0 saturated carbocycles. The summed E-state index contributed by atoms with van der Waals surface area (Å²) < 4.78 is 0. The van der Waals surface area contributed by atoms with Gasteiger partial charge in [0.1, 0.15) is 5.78 Å². The number of carbonyl (C=O) groups is 1. The summed E-state index contributed by atoms with van der Waals surface area (Å²) in [6, 6.07) is 0. The molecule has 14 heavy (non-hydrogen) atoms. The Morgan fingerprint density at radius 3 is 2.71 bits per heavy atom. The van der Waals surface area contributed by atoms with Crippen LogP contribution >= 0.6 is 0 Å². The van der Waals surface area contributed by atoms with E-state index in [0.29, 0.717) is 0 Å². The van der Waals surface area contributed by atoms with E-state index in [2.05, 4.69) is 6.08 Å². The maximum atomic E-state index is 11.2. The van der Waals surface area contributed by atoms with E-state index in [1.165, 1.54) is 0 Å². The minimum Gasteiger partial charge on any atom is -0.388 e. The molecule has 2 heteroatoms. The summed E-state index contributed by atoms with van der Waals surface area (Å²) in [5.41, 5.74) is 1.06. The van der Waals surface area contributed by atoms with Crippen LogP contribution in [0.4, 0.5) is 0 Å². The normalized spacial score (nSPS) is 24.6. The minimum atomic E-state index is -0.364. The van der Waals surface area contributed by atoms with Gasteiger partial charge in [0.15, 0.2) is 0 Å². The molecule has 0 radical (unpaired) electrons. The molecule has 0 amide bonds. The fourth-order valence-electron chi connectivity index (χ4n) is 1.96. The van der Waals surface area contributed by atoms with E-state index in [1.54, 1.807) is 6.92 Å². The largest absolute Gasteiger partial charge is 0.388 e. The van der Waals surface area contributed by atoms with Crippen molar-refractivity contribution in [2.45, 2.75) is 46.1 Å². The maximum absolute atomic E-state index is 11.2. The molecule has 0 aliphatic heterocycles. The third-order valence-electron chi connectivity index (χ3n) is 2.99. The van der Waals surface area contributed by atoms with Gasteiger partial charge in [-0.05, 0) is 37.7 Å². The molecular weight excluding hydrogens is 176 g/mol. The van der Waals surface area contributed by atoms with Crippen molar-refractivity contribution in [3.05, 3.63) is 11.6 Å². The molecule has 0 spiro atoms. The quantitative estimate of drug-likeness (QED) is 0.703. The topological polar surface area (TPSA) is 37.3 Å². The molecule has 80 valence electrons. The van der Waals surface area contributed by atoms with Crippen molar-refractivity contribution in [1.82, 2.24) is 0 Å². The highest BCUT2D eigenvalue weighted by atomic mass is 16.3. The first-order chi connectivity index (χ1) is 6.52. The lowest BCUT2D eigenvalue weighted by molar-refractivity contribution is -0.121. The van der Waals surface area contributed by atoms with Gasteiger partial charge in [-0.15, -0.1) is 0 Å². The highest BCUT2D eigenvalue weighted by molar-refractivity contribution is 5.78. The Morgan fingerprint density at radius 2 is 2.21 bits per heavy atom. The van der Waals surface area contributed by atoms with E-state index in [1.807, 2.05) is 13.8 Å². The third-order valence-corrected chi connectivity index (χ3v) is 2.99. The minimum absolute atomic E-state index is 0.142. The van der Waals surface area contributed by atoms with Crippen LogP contribution in [0.25, 0.3) is 0 Å². The van der Waals surface area contributed by atoms with E-state index >= 15 is 0 Å². The second kappa shape index (κ2) is 4.74. The van der Waals surface area contributed by atoms with Gasteiger partial charge in [0.2, 0.25) is 0 Å². The summed E-state index contributed by atoms with van der Waals surface area (Å²) >= 11 is 0. The third kappa shape index (κ3) is 2.68. The predicted molar refractivity (Wildman–Crippen MR) is 56.9 cm³/mol. The number of hydrogen-bond donors (Lipinski definition) is 1. The maximum Gasteiger partial charge on any atom is 0.133 e. The van der Waals surface area contributed by atoms with Crippen molar-refractivity contribution in [3.8, 4) is 0 Å². The molecule has 0 unspecified atom stereocenters. The molecule has 0 saturated heterocycles. The zero-order valence-electron chi connectivity index (χ0n) is 9.29. The lowest BCUT2D eigenvalue weighted by Crippen LogP contribution is -2.24. The van der Waals surface area contributed by atoms with Crippen molar-refractivity contribution >= 4 is 5.78 Å². The summed E-state index contributed by atoms with van der Waals surface area (Å²) in [5.74, 6) is 0.641. The molecule has 0 aromatic heterocycles. The monoisotopic (exact) mass is 196 g/mol. The van der Waals surface area contributed by atoms with Gasteiger partial charge in [-0.2, -0.15) is 0 Å². The first-order valence-electron chi connectivity index (χ1n) is 5.39. The van der Waals surface area contributed by atoms with E-state index in [0.717, 1.165) is 24.8 Å². The van der Waals surface area contributed by atoms with E-state index in [4.69, 9.17) is 0 Å². The van der Waals surface area contributed by atoms with Crippen molar-refractivity contribution in [2.75, 3.05) is 0 Å². The van der Waals surface area contributed by atoms with Gasteiger partial charge in [-0.1, -0.05) is 19.9 Å². The number of aliphatic hydroxyl groups excluding tert-OH is 1. The van der Waals surface area contributed by atoms with Crippen LogP contribution in [-0.4, -0.2) is 17.0 Å². The predicted octanol–water partition coefficient (Wildman–Crippen LogP) is 2.32. The number of ketones is 1. The van der Waals surface area contributed by atoms with Gasteiger partial charge in [0, 0.05) is 5.92 Å². The summed E-state index contributed by atoms with van der Waals surface area (Å²) in [6.07, 6.45) is 4.38. The van der Waals surface area contributed by atoms with Crippen LogP contribution in [0, 0.1) is 11.8 Å². The number of carbonyl (C=O) groups excluding carboxylic acids is 1. The van der Waals surface area contributed by atoms with Gasteiger partial charge in [-0.25, -0.2) is 0 Å². The molecule has 2 atom stereocenters. The summed E-state index contributed by atoms with van der Waals surface area (Å²) in [7, 11) is 0. The average molecular weight is 196 g/mol. The van der Waals surface area contributed by atoms with Gasteiger partial charge in [0.25, 0.3) is 0 Å². The Hall–Kier alpha value is -0.630. The smallest absolute Gasteiger partial charge is 0.133 e. The molecule has 1 rings (SSSR count). The summed E-state index contributed by atoms with van der Waals surface area (Å²) in [4.78, 5) is 11.2. The molecule has 2 nitrogen and oxygen atoms in total. The standard InChI is InChI=1S/C12H20O2/c1-8(2)12(14)11-6-4-5-10(7-11)9(3)13/h6,8,10,12,14H,4-5,7H2,1-3H3/t10-,12-/m1/s1. The lowest BCUT2D eigenvalue weighted by atomic mass is 9.82. The molecule has 1 N–H and O–H groups in total. The highest BCUT2D eigenvalue weighted by Gasteiger charge is 2.24. The summed E-state index contributed by atoms with van der Waals surface area (Å²) in [6.45, 7) is 5.65. The highest BCUT2D eigenvalue weighted by Crippen LogP contribution is 2.28. The van der Waals surface area contributed by atoms with Crippen LogP contribution in [-0.2, 0) is 4.79 Å². The average Bonchev–Trinajstić information content (AvgIpc) is 2.16. The molecule has 1 aliphatic rings. The first-order valence-corrected chi connectivity index (χ1v) is 5.39. The van der Waals surface area contributed by atoms with Crippen LogP contribution in [0.15, 0.2) is 11.6 Å². The van der Waals surface area contributed by atoms with E-state index < -0.39 is 0 Å². The van der Waals surface area contributed by atoms with Crippen LogP contribution in [0.3, 0.4) is 0 Å². The van der Waals surface area contributed by atoms with Crippen molar-refractivity contribution in [3.63, 3.8) is 0 Å². The molecule has 0 aromatic carbocycles. The number of hydrogen-bond acceptors (Lipinski definition) is 2. The first kappa shape index (κ1) is 11.4. The zero-order valence-corrected chi connectivity index (χ0v) is 9.29. The molecule has 0 fully saturated rings. The molecule has 0 bridgehead atoms. The Labute approximate surface area is 86.0 Å². The van der Waals surface area contributed by atoms with Crippen LogP contribution in [0.5, 0.6) is 0 Å². The van der Waals surface area contributed by atoms with E-state index in [-0.39, 0.29) is 23.7 Å². The number of allylic oxidation sites excluding steroid dienone is 1. The number of aliphatic hydroxyl groups is 1. The molecular formula is C12H20O2. The van der Waals surface area contributed by atoms with Crippen molar-refractivity contribution < 1.29 is 9.90 Å². The number of Topliss-reactive ketones (excluding diaryl/α,β-unsaturated/α-hetero) is 1. The number of rotatable bonds is 3. The van der Waals surface area contributed by atoms with Crippen molar-refractivity contribution in [1.29, 1.82) is 0 Å². The second-order valence-corrected chi connectivity index (χ2v) is 4.56. The Balaban J connectivity index is 2.63. The molecule has 0 aromatic rings. The summed E-state index contributed by atoms with van der Waals surface area (Å²) in [5, 5.41) is 9.87. The SMILES string of the molecule is CC(=O)[C@@H]1CCC=C([C@H](O)C(C)C)C1. The van der Waals surface area contributed by atoms with Gasteiger partial charge >= 0.3 is 0 Å². The van der Waals surface area contributed by atoms with Gasteiger partial charge in [-0.3, -0.25) is 4.79 Å². The lowest BCUT2D eigenvalue weighted by Gasteiger charge is -2.25. The van der Waals surface area contributed by atoms with Gasteiger partial charge < -0.3 is 5.11 Å². The van der Waals surface area contributed by atoms with Crippen LogP contribution in [0.2, 0.25) is 0 Å². The Morgan fingerprint density at radius 1 is 1.57 bits per heavy atom. The van der Waals surface area contributed by atoms with Crippen LogP contribution < -0.4 is 0 Å². The van der Waals surface area contributed by atoms with Crippen molar-refractivity contribution in [2.24, 2.45) is 11.8 Å². The fourth-order valence-corrected chi connectivity index (χ4v) is 1.96. The fraction of sp³-hybridized carbons (Fsp3) is 0.750. The van der Waals surface area contributed by atoms with E-state index in [9.17, 15) is 9.90 Å². The second-order valence-electron chi connectivity index (χ2n) is 4.56.